The van der Waals surface area contributed by atoms with Gasteiger partial charge in [0.2, 0.25) is 5.91 Å². The number of hydrogen-bond donors (Lipinski definition) is 2. The van der Waals surface area contributed by atoms with E-state index in [0.717, 1.165) is 24.2 Å². The second-order valence-corrected chi connectivity index (χ2v) is 7.06. The van der Waals surface area contributed by atoms with Crippen LogP contribution in [0.3, 0.4) is 0 Å². The van der Waals surface area contributed by atoms with Crippen LogP contribution in [0, 0.1) is 0 Å². The first-order chi connectivity index (χ1) is 11.4. The highest BCUT2D eigenvalue weighted by atomic mass is 35.5. The Balaban J connectivity index is 0.00000312. The third-order valence-electron chi connectivity index (χ3n) is 5.93. The van der Waals surface area contributed by atoms with Gasteiger partial charge in [-0.1, -0.05) is 33.1 Å². The zero-order valence-electron chi connectivity index (χ0n) is 15.5. The summed E-state index contributed by atoms with van der Waals surface area (Å²) in [6, 6.07) is -0.372. The van der Waals surface area contributed by atoms with Crippen LogP contribution in [-0.2, 0) is 9.59 Å². The lowest BCUT2D eigenvalue weighted by Gasteiger charge is -2.35. The molecule has 0 aromatic heterocycles. The Morgan fingerprint density at radius 1 is 1.20 bits per heavy atom. The smallest absolute Gasteiger partial charge is 0.327 e. The first kappa shape index (κ1) is 21.7. The van der Waals surface area contributed by atoms with Crippen molar-refractivity contribution in [3.05, 3.63) is 0 Å². The van der Waals surface area contributed by atoms with Crippen molar-refractivity contribution in [3.63, 3.8) is 0 Å². The maximum atomic E-state index is 12.9. The highest BCUT2D eigenvalue weighted by molar-refractivity contribution is 6.09. The van der Waals surface area contributed by atoms with Gasteiger partial charge in [-0.05, 0) is 25.7 Å². The number of nitrogens with one attached hydrogen (secondary N) is 1. The standard InChI is InChI=1S/C17H30N4O3.ClH/c1-4-16(5-2,12-18)19-13(22)11-21-14(23)17(20(3)15(21)24)9-7-6-8-10-17;/h4-12,18H2,1-3H3,(H,19,22);1H. The largest absolute Gasteiger partial charge is 0.348 e. The number of nitrogens with zero attached hydrogens (tertiary/aromatic N) is 2. The monoisotopic (exact) mass is 374 g/mol. The molecule has 2 fully saturated rings. The number of hydrogen-bond acceptors (Lipinski definition) is 4. The Labute approximate surface area is 156 Å². The Bertz CT molecular complexity index is 508. The van der Waals surface area contributed by atoms with E-state index in [1.807, 2.05) is 13.8 Å². The van der Waals surface area contributed by atoms with E-state index < -0.39 is 11.1 Å². The second kappa shape index (κ2) is 8.36. The molecule has 25 heavy (non-hydrogen) atoms. The maximum Gasteiger partial charge on any atom is 0.327 e. The van der Waals surface area contributed by atoms with Crippen LogP contribution >= 0.6 is 12.4 Å². The molecule has 0 atom stereocenters. The van der Waals surface area contributed by atoms with Gasteiger partial charge in [-0.2, -0.15) is 0 Å². The van der Waals surface area contributed by atoms with Gasteiger partial charge in [0.1, 0.15) is 12.1 Å². The average Bonchev–Trinajstić information content (AvgIpc) is 2.77. The van der Waals surface area contributed by atoms with Crippen LogP contribution in [0.4, 0.5) is 4.79 Å². The molecule has 1 heterocycles. The van der Waals surface area contributed by atoms with E-state index >= 15 is 0 Å². The van der Waals surface area contributed by atoms with Crippen LogP contribution in [0.1, 0.15) is 58.8 Å². The SMILES string of the molecule is CCC(CC)(CN)NC(=O)CN1C(=O)N(C)C2(CCCCC2)C1=O.Cl. The van der Waals surface area contributed by atoms with Crippen molar-refractivity contribution in [2.75, 3.05) is 20.1 Å². The summed E-state index contributed by atoms with van der Waals surface area (Å²) in [5.41, 5.74) is 4.59. The minimum Gasteiger partial charge on any atom is -0.348 e. The molecule has 2 rings (SSSR count). The fraction of sp³-hybridized carbons (Fsp3) is 0.824. The summed E-state index contributed by atoms with van der Waals surface area (Å²) < 4.78 is 0. The van der Waals surface area contributed by atoms with E-state index in [2.05, 4.69) is 5.32 Å². The van der Waals surface area contributed by atoms with Crippen LogP contribution < -0.4 is 11.1 Å². The Morgan fingerprint density at radius 2 is 1.76 bits per heavy atom. The Morgan fingerprint density at radius 3 is 2.24 bits per heavy atom. The summed E-state index contributed by atoms with van der Waals surface area (Å²) in [6.07, 6.45) is 5.74. The van der Waals surface area contributed by atoms with E-state index in [1.165, 1.54) is 4.90 Å². The highest BCUT2D eigenvalue weighted by Gasteiger charge is 2.55. The van der Waals surface area contributed by atoms with E-state index in [4.69, 9.17) is 5.73 Å². The molecule has 2 aliphatic rings. The molecule has 7 nitrogen and oxygen atoms in total. The van der Waals surface area contributed by atoms with Gasteiger partial charge >= 0.3 is 6.03 Å². The molecule has 0 bridgehead atoms. The molecule has 0 unspecified atom stereocenters. The van der Waals surface area contributed by atoms with E-state index in [-0.39, 0.29) is 36.8 Å². The van der Waals surface area contributed by atoms with Crippen molar-refractivity contribution in [2.24, 2.45) is 5.73 Å². The number of carbonyl (C=O) groups excluding carboxylic acids is 3. The van der Waals surface area contributed by atoms with Crippen molar-refractivity contribution in [1.82, 2.24) is 15.1 Å². The molecular formula is C17H31ClN4O3. The van der Waals surface area contributed by atoms with Gasteiger partial charge in [0.25, 0.3) is 5.91 Å². The number of imide groups is 1. The third kappa shape index (κ3) is 3.77. The molecule has 1 saturated heterocycles. The average molecular weight is 375 g/mol. The number of amides is 4. The van der Waals surface area contributed by atoms with Gasteiger partial charge in [-0.15, -0.1) is 12.4 Å². The maximum absolute atomic E-state index is 12.9. The normalized spacial score (nSPS) is 20.0. The molecular weight excluding hydrogens is 344 g/mol. The number of urea groups is 1. The van der Waals surface area contributed by atoms with Gasteiger partial charge in [0.15, 0.2) is 0 Å². The Kier molecular flexibility index (Phi) is 7.26. The van der Waals surface area contributed by atoms with Gasteiger partial charge in [-0.25, -0.2) is 4.79 Å². The summed E-state index contributed by atoms with van der Waals surface area (Å²) in [7, 11) is 1.67. The van der Waals surface area contributed by atoms with Crippen molar-refractivity contribution in [3.8, 4) is 0 Å². The Hall–Kier alpha value is -1.34. The van der Waals surface area contributed by atoms with Crippen LogP contribution in [-0.4, -0.2) is 58.9 Å². The first-order valence-electron chi connectivity index (χ1n) is 8.96. The second-order valence-electron chi connectivity index (χ2n) is 7.06. The van der Waals surface area contributed by atoms with Gasteiger partial charge in [-0.3, -0.25) is 14.5 Å². The van der Waals surface area contributed by atoms with Crippen LogP contribution in [0.5, 0.6) is 0 Å². The summed E-state index contributed by atoms with van der Waals surface area (Å²) >= 11 is 0. The van der Waals surface area contributed by atoms with Crippen LogP contribution in [0.15, 0.2) is 0 Å². The molecule has 1 aliphatic heterocycles. The molecule has 1 aliphatic carbocycles. The van der Waals surface area contributed by atoms with Crippen LogP contribution in [0.2, 0.25) is 0 Å². The summed E-state index contributed by atoms with van der Waals surface area (Å²) in [5, 5.41) is 2.93. The number of likely N-dealkylation sites (N-methyl/N-ethyl adjacent to an activating group) is 1. The predicted molar refractivity (Wildman–Crippen MR) is 98.4 cm³/mol. The van der Waals surface area contributed by atoms with Gasteiger partial charge < -0.3 is 16.0 Å². The van der Waals surface area contributed by atoms with Crippen LogP contribution in [0.25, 0.3) is 0 Å². The highest BCUT2D eigenvalue weighted by Crippen LogP contribution is 2.39. The van der Waals surface area contributed by atoms with E-state index in [9.17, 15) is 14.4 Å². The topological polar surface area (TPSA) is 95.7 Å². The van der Waals surface area contributed by atoms with E-state index in [1.54, 1.807) is 7.05 Å². The first-order valence-corrected chi connectivity index (χ1v) is 8.96. The zero-order chi connectivity index (χ0) is 18.0. The lowest BCUT2D eigenvalue weighted by molar-refractivity contribution is -0.137. The van der Waals surface area contributed by atoms with Crippen molar-refractivity contribution in [1.29, 1.82) is 0 Å². The van der Waals surface area contributed by atoms with Crippen molar-refractivity contribution in [2.45, 2.75) is 69.9 Å². The minimum absolute atomic E-state index is 0. The summed E-state index contributed by atoms with van der Waals surface area (Å²) in [6.45, 7) is 4.03. The number of carbonyl (C=O) groups is 3. The lowest BCUT2D eigenvalue weighted by atomic mass is 9.81. The van der Waals surface area contributed by atoms with E-state index in [0.29, 0.717) is 32.2 Å². The number of nitrogens with two attached hydrogens (primary N) is 1. The molecule has 4 amide bonds. The quantitative estimate of drug-likeness (QED) is 0.691. The molecule has 144 valence electrons. The summed E-state index contributed by atoms with van der Waals surface area (Å²) in [4.78, 5) is 40.5. The fourth-order valence-corrected chi connectivity index (χ4v) is 3.92. The molecule has 0 radical (unpaired) electrons. The molecule has 1 spiro atoms. The molecule has 0 aromatic carbocycles. The molecule has 3 N–H and O–H groups in total. The van der Waals surface area contributed by atoms with Gasteiger partial charge in [0.05, 0.1) is 5.54 Å². The van der Waals surface area contributed by atoms with Gasteiger partial charge in [0, 0.05) is 13.6 Å². The fourth-order valence-electron chi connectivity index (χ4n) is 3.92. The molecule has 0 aromatic rings. The predicted octanol–water partition coefficient (Wildman–Crippen LogP) is 1.64. The van der Waals surface area contributed by atoms with Crippen molar-refractivity contribution >= 4 is 30.3 Å². The van der Waals surface area contributed by atoms with Crippen molar-refractivity contribution < 1.29 is 14.4 Å². The number of halogens is 1. The minimum atomic E-state index is -0.740. The number of rotatable bonds is 6. The molecule has 1 saturated carbocycles. The third-order valence-corrected chi connectivity index (χ3v) is 5.93. The zero-order valence-corrected chi connectivity index (χ0v) is 16.3. The molecule has 8 heteroatoms. The summed E-state index contributed by atoms with van der Waals surface area (Å²) in [5.74, 6) is -0.552. The lowest BCUT2D eigenvalue weighted by Crippen LogP contribution is -2.55.